The number of nitrogen functional groups attached to an aromatic ring is 1. The van der Waals surface area contributed by atoms with Crippen molar-refractivity contribution >= 4 is 17.0 Å². The Kier molecular flexibility index (Phi) is 5.11. The highest BCUT2D eigenvalue weighted by Gasteiger charge is 2.16. The zero-order chi connectivity index (χ0) is 15.4. The van der Waals surface area contributed by atoms with Gasteiger partial charge in [0.05, 0.1) is 10.7 Å². The number of anilines is 1. The number of nitrogens with zero attached hydrogens (tertiary/aromatic N) is 2. The van der Waals surface area contributed by atoms with Crippen molar-refractivity contribution in [2.45, 2.75) is 38.5 Å². The maximum Gasteiger partial charge on any atom is 0.0973 e. The van der Waals surface area contributed by atoms with E-state index in [0.717, 1.165) is 23.5 Å². The van der Waals surface area contributed by atoms with E-state index in [9.17, 15) is 0 Å². The average molecular weight is 315 g/mol. The van der Waals surface area contributed by atoms with Crippen LogP contribution in [0.5, 0.6) is 0 Å². The van der Waals surface area contributed by atoms with Gasteiger partial charge in [-0.05, 0) is 38.1 Å². The van der Waals surface area contributed by atoms with Gasteiger partial charge < -0.3 is 10.6 Å². The van der Waals surface area contributed by atoms with E-state index in [1.54, 1.807) is 11.3 Å². The largest absolute Gasteiger partial charge is 0.399 e. The molecule has 1 aliphatic rings. The number of benzene rings is 1. The normalized spacial score (nSPS) is 18.0. The van der Waals surface area contributed by atoms with Crippen molar-refractivity contribution in [3.63, 3.8) is 0 Å². The summed E-state index contributed by atoms with van der Waals surface area (Å²) in [5.41, 5.74) is 8.83. The lowest BCUT2D eigenvalue weighted by molar-refractivity contribution is 0.271. The van der Waals surface area contributed by atoms with Gasteiger partial charge in [0.25, 0.3) is 0 Å². The van der Waals surface area contributed by atoms with Crippen LogP contribution < -0.4 is 5.73 Å². The van der Waals surface area contributed by atoms with Crippen molar-refractivity contribution in [1.29, 1.82) is 0 Å². The summed E-state index contributed by atoms with van der Waals surface area (Å²) in [6, 6.07) is 7.98. The van der Waals surface area contributed by atoms with Crippen LogP contribution in [-0.4, -0.2) is 29.5 Å². The third-order valence-corrected chi connectivity index (χ3v) is 5.43. The lowest BCUT2D eigenvalue weighted by Gasteiger charge is -2.22. The number of hydrogen-bond acceptors (Lipinski definition) is 4. The molecule has 0 spiro atoms. The maximum atomic E-state index is 5.87. The summed E-state index contributed by atoms with van der Waals surface area (Å²) in [7, 11) is 0. The van der Waals surface area contributed by atoms with Gasteiger partial charge in [0.1, 0.15) is 0 Å². The number of likely N-dealkylation sites (tertiary alicyclic amines) is 1. The SMILES string of the molecule is CC(CN1CCCCCC1)c1nc(-c2cccc(N)c2)cs1. The van der Waals surface area contributed by atoms with Gasteiger partial charge in [0.15, 0.2) is 0 Å². The van der Waals surface area contributed by atoms with Crippen LogP contribution in [0.25, 0.3) is 11.3 Å². The zero-order valence-electron chi connectivity index (χ0n) is 13.3. The van der Waals surface area contributed by atoms with Gasteiger partial charge in [-0.25, -0.2) is 4.98 Å². The van der Waals surface area contributed by atoms with Gasteiger partial charge in [-0.2, -0.15) is 0 Å². The van der Waals surface area contributed by atoms with Gasteiger partial charge in [-0.3, -0.25) is 0 Å². The molecule has 1 unspecified atom stereocenters. The first-order valence-electron chi connectivity index (χ1n) is 8.26. The number of hydrogen-bond donors (Lipinski definition) is 1. The molecule has 22 heavy (non-hydrogen) atoms. The highest BCUT2D eigenvalue weighted by molar-refractivity contribution is 7.10. The zero-order valence-corrected chi connectivity index (χ0v) is 14.1. The van der Waals surface area contributed by atoms with E-state index < -0.39 is 0 Å². The molecule has 1 fully saturated rings. The minimum atomic E-state index is 0.498. The van der Waals surface area contributed by atoms with Crippen molar-refractivity contribution in [1.82, 2.24) is 9.88 Å². The molecule has 0 aliphatic carbocycles. The Morgan fingerprint density at radius 3 is 2.73 bits per heavy atom. The van der Waals surface area contributed by atoms with Crippen LogP contribution in [0.1, 0.15) is 43.5 Å². The third kappa shape index (κ3) is 3.87. The third-order valence-electron chi connectivity index (χ3n) is 4.36. The lowest BCUT2D eigenvalue weighted by atomic mass is 10.1. The second kappa shape index (κ2) is 7.25. The van der Waals surface area contributed by atoms with Gasteiger partial charge >= 0.3 is 0 Å². The molecule has 118 valence electrons. The molecule has 3 rings (SSSR count). The summed E-state index contributed by atoms with van der Waals surface area (Å²) in [5, 5.41) is 3.39. The molecule has 1 aromatic carbocycles. The molecule has 1 atom stereocenters. The topological polar surface area (TPSA) is 42.2 Å². The van der Waals surface area contributed by atoms with Crippen molar-refractivity contribution in [3.05, 3.63) is 34.7 Å². The number of nitrogens with two attached hydrogens (primary N) is 1. The Morgan fingerprint density at radius 1 is 1.23 bits per heavy atom. The fourth-order valence-corrected chi connectivity index (χ4v) is 4.01. The molecule has 0 amide bonds. The first kappa shape index (κ1) is 15.5. The van der Waals surface area contributed by atoms with E-state index in [1.807, 2.05) is 18.2 Å². The van der Waals surface area contributed by atoms with Crippen LogP contribution in [0.15, 0.2) is 29.6 Å². The van der Waals surface area contributed by atoms with Gasteiger partial charge in [-0.1, -0.05) is 31.9 Å². The molecular formula is C18H25N3S. The molecule has 0 bridgehead atoms. The first-order valence-corrected chi connectivity index (χ1v) is 9.14. The van der Waals surface area contributed by atoms with Crippen LogP contribution in [0.2, 0.25) is 0 Å². The minimum Gasteiger partial charge on any atom is -0.399 e. The Balaban J connectivity index is 1.67. The summed E-state index contributed by atoms with van der Waals surface area (Å²) in [5.74, 6) is 0.498. The van der Waals surface area contributed by atoms with Gasteiger partial charge in [0.2, 0.25) is 0 Å². The summed E-state index contributed by atoms with van der Waals surface area (Å²) < 4.78 is 0. The molecule has 1 aromatic heterocycles. The Morgan fingerprint density at radius 2 is 2.00 bits per heavy atom. The van der Waals surface area contributed by atoms with E-state index >= 15 is 0 Å². The number of aromatic nitrogens is 1. The lowest BCUT2D eigenvalue weighted by Crippen LogP contribution is -2.28. The van der Waals surface area contributed by atoms with Crippen LogP contribution >= 0.6 is 11.3 Å². The van der Waals surface area contributed by atoms with E-state index in [-0.39, 0.29) is 0 Å². The van der Waals surface area contributed by atoms with Gasteiger partial charge in [-0.15, -0.1) is 11.3 Å². The van der Waals surface area contributed by atoms with E-state index in [4.69, 9.17) is 10.7 Å². The fourth-order valence-electron chi connectivity index (χ4n) is 3.13. The maximum absolute atomic E-state index is 5.87. The minimum absolute atomic E-state index is 0.498. The molecule has 0 radical (unpaired) electrons. The molecule has 1 saturated heterocycles. The van der Waals surface area contributed by atoms with E-state index in [2.05, 4.69) is 23.3 Å². The summed E-state index contributed by atoms with van der Waals surface area (Å²) in [4.78, 5) is 7.46. The predicted molar refractivity (Wildman–Crippen MR) is 95.3 cm³/mol. The average Bonchev–Trinajstić information content (AvgIpc) is 2.87. The first-order chi connectivity index (χ1) is 10.7. The molecule has 2 aromatic rings. The van der Waals surface area contributed by atoms with Crippen LogP contribution in [0.4, 0.5) is 5.69 Å². The van der Waals surface area contributed by atoms with Crippen molar-refractivity contribution < 1.29 is 0 Å². The standard InChI is InChI=1S/C18H25N3S/c1-14(12-21-9-4-2-3-5-10-21)18-20-17(13-22-18)15-7-6-8-16(19)11-15/h6-8,11,13-14H,2-5,9-10,12,19H2,1H3. The Hall–Kier alpha value is -1.39. The highest BCUT2D eigenvalue weighted by atomic mass is 32.1. The summed E-state index contributed by atoms with van der Waals surface area (Å²) in [6.07, 6.45) is 5.47. The monoisotopic (exact) mass is 315 g/mol. The Labute approximate surface area is 137 Å². The molecule has 3 nitrogen and oxygen atoms in total. The molecule has 4 heteroatoms. The molecular weight excluding hydrogens is 290 g/mol. The van der Waals surface area contributed by atoms with E-state index in [0.29, 0.717) is 5.92 Å². The second-order valence-electron chi connectivity index (χ2n) is 6.31. The van der Waals surface area contributed by atoms with Crippen LogP contribution in [-0.2, 0) is 0 Å². The molecule has 2 heterocycles. The van der Waals surface area contributed by atoms with Crippen molar-refractivity contribution in [2.75, 3.05) is 25.4 Å². The number of thiazole rings is 1. The highest BCUT2D eigenvalue weighted by Crippen LogP contribution is 2.28. The molecule has 0 saturated carbocycles. The smallest absolute Gasteiger partial charge is 0.0973 e. The second-order valence-corrected chi connectivity index (χ2v) is 7.20. The van der Waals surface area contributed by atoms with Crippen LogP contribution in [0.3, 0.4) is 0 Å². The van der Waals surface area contributed by atoms with Crippen molar-refractivity contribution in [3.8, 4) is 11.3 Å². The number of rotatable bonds is 4. The predicted octanol–water partition coefficient (Wildman–Crippen LogP) is 4.37. The Bertz CT molecular complexity index is 600. The summed E-state index contributed by atoms with van der Waals surface area (Å²) >= 11 is 1.77. The molecule has 2 N–H and O–H groups in total. The quantitative estimate of drug-likeness (QED) is 0.852. The molecule has 1 aliphatic heterocycles. The summed E-state index contributed by atoms with van der Waals surface area (Å²) in [6.45, 7) is 5.92. The van der Waals surface area contributed by atoms with Crippen LogP contribution in [0, 0.1) is 0 Å². The fraction of sp³-hybridized carbons (Fsp3) is 0.500. The van der Waals surface area contributed by atoms with E-state index in [1.165, 1.54) is 43.8 Å². The van der Waals surface area contributed by atoms with Gasteiger partial charge in [0, 0.05) is 29.1 Å². The van der Waals surface area contributed by atoms with Crippen molar-refractivity contribution in [2.24, 2.45) is 0 Å².